The summed E-state index contributed by atoms with van der Waals surface area (Å²) in [7, 11) is 1.58. The van der Waals surface area contributed by atoms with Crippen LogP contribution >= 0.6 is 0 Å². The molecule has 0 atom stereocenters. The number of nitrogens with zero attached hydrogens (tertiary/aromatic N) is 3. The normalized spacial score (nSPS) is 12.3. The standard InChI is InChI=1S/C19H17N5O6/c1-28-12-4-2-11(3-5-12)18-21-17(22-23-18)10-20-19(25)13-8-15-16(30-7-6-29-15)9-14(13)24(26)27/h2-5,8-9H,6-7,10H2,1H3,(H,20,25)(H,21,22,23). The van der Waals surface area contributed by atoms with Gasteiger partial charge in [-0.15, -0.1) is 0 Å². The number of nitro groups is 1. The summed E-state index contributed by atoms with van der Waals surface area (Å²) in [6.07, 6.45) is 0. The molecule has 2 aromatic carbocycles. The molecule has 154 valence electrons. The summed E-state index contributed by atoms with van der Waals surface area (Å²) >= 11 is 0. The smallest absolute Gasteiger partial charge is 0.286 e. The fourth-order valence-corrected chi connectivity index (χ4v) is 2.91. The molecule has 0 radical (unpaired) electrons. The predicted octanol–water partition coefficient (Wildman–Crippen LogP) is 2.09. The summed E-state index contributed by atoms with van der Waals surface area (Å²) in [6, 6.07) is 9.69. The Kier molecular flexibility index (Phi) is 5.16. The van der Waals surface area contributed by atoms with Crippen molar-refractivity contribution < 1.29 is 23.9 Å². The van der Waals surface area contributed by atoms with Gasteiger partial charge in [0.2, 0.25) is 0 Å². The van der Waals surface area contributed by atoms with Gasteiger partial charge in [0.05, 0.1) is 24.6 Å². The lowest BCUT2D eigenvalue weighted by atomic mass is 10.1. The Balaban J connectivity index is 1.48. The monoisotopic (exact) mass is 411 g/mol. The van der Waals surface area contributed by atoms with Crippen molar-refractivity contribution in [3.8, 4) is 28.6 Å². The van der Waals surface area contributed by atoms with Crippen LogP contribution in [0, 0.1) is 10.1 Å². The minimum Gasteiger partial charge on any atom is -0.497 e. The molecule has 0 aliphatic carbocycles. The number of hydrogen-bond donors (Lipinski definition) is 2. The number of H-pyrrole nitrogens is 1. The number of carbonyl (C=O) groups is 1. The van der Waals surface area contributed by atoms with Crippen LogP contribution in [0.5, 0.6) is 17.2 Å². The van der Waals surface area contributed by atoms with E-state index in [1.165, 1.54) is 12.1 Å². The molecular formula is C19H17N5O6. The number of aromatic amines is 1. The molecule has 1 amide bonds. The predicted molar refractivity (Wildman–Crippen MR) is 104 cm³/mol. The molecule has 3 aromatic rings. The topological polar surface area (TPSA) is 142 Å². The van der Waals surface area contributed by atoms with Gasteiger partial charge in [-0.1, -0.05) is 0 Å². The second-order valence-electron chi connectivity index (χ2n) is 6.29. The summed E-state index contributed by atoms with van der Waals surface area (Å²) in [5.74, 6) is 1.45. The van der Waals surface area contributed by atoms with Crippen molar-refractivity contribution in [2.45, 2.75) is 6.54 Å². The lowest BCUT2D eigenvalue weighted by molar-refractivity contribution is -0.385. The Hall–Kier alpha value is -4.15. The van der Waals surface area contributed by atoms with Gasteiger partial charge in [-0.3, -0.25) is 20.0 Å². The first-order valence-electron chi connectivity index (χ1n) is 8.97. The van der Waals surface area contributed by atoms with Crippen molar-refractivity contribution in [3.05, 3.63) is 57.9 Å². The molecule has 2 heterocycles. The Labute approximate surface area is 170 Å². The van der Waals surface area contributed by atoms with Gasteiger partial charge >= 0.3 is 0 Å². The van der Waals surface area contributed by atoms with Crippen molar-refractivity contribution in [2.24, 2.45) is 0 Å². The molecule has 0 bridgehead atoms. The van der Waals surface area contributed by atoms with Crippen LogP contribution in [-0.4, -0.2) is 46.3 Å². The number of methoxy groups -OCH3 is 1. The summed E-state index contributed by atoms with van der Waals surface area (Å²) < 4.78 is 15.9. The van der Waals surface area contributed by atoms with Gasteiger partial charge in [0.25, 0.3) is 11.6 Å². The van der Waals surface area contributed by atoms with E-state index in [0.717, 1.165) is 5.56 Å². The maximum Gasteiger partial charge on any atom is 0.286 e. The molecule has 30 heavy (non-hydrogen) atoms. The maximum atomic E-state index is 12.6. The van der Waals surface area contributed by atoms with Crippen LogP contribution in [0.25, 0.3) is 11.4 Å². The quantitative estimate of drug-likeness (QED) is 0.464. The zero-order chi connectivity index (χ0) is 21.1. The minimum absolute atomic E-state index is 0.00752. The summed E-state index contributed by atoms with van der Waals surface area (Å²) in [5, 5.41) is 20.9. The first kappa shape index (κ1) is 19.2. The van der Waals surface area contributed by atoms with E-state index in [9.17, 15) is 14.9 Å². The molecule has 1 aliphatic rings. The fraction of sp³-hybridized carbons (Fsp3) is 0.211. The third kappa shape index (κ3) is 3.85. The first-order chi connectivity index (χ1) is 14.5. The van der Waals surface area contributed by atoms with Gasteiger partial charge in [-0.25, -0.2) is 4.98 Å². The van der Waals surface area contributed by atoms with Crippen molar-refractivity contribution in [1.29, 1.82) is 0 Å². The second-order valence-corrected chi connectivity index (χ2v) is 6.29. The fourth-order valence-electron chi connectivity index (χ4n) is 2.91. The van der Waals surface area contributed by atoms with Crippen LogP contribution < -0.4 is 19.5 Å². The highest BCUT2D eigenvalue weighted by Crippen LogP contribution is 2.36. The van der Waals surface area contributed by atoms with Crippen LogP contribution in [0.1, 0.15) is 16.2 Å². The van der Waals surface area contributed by atoms with E-state index < -0.39 is 10.8 Å². The van der Waals surface area contributed by atoms with Crippen molar-refractivity contribution in [3.63, 3.8) is 0 Å². The van der Waals surface area contributed by atoms with Crippen molar-refractivity contribution in [2.75, 3.05) is 20.3 Å². The lowest BCUT2D eigenvalue weighted by Crippen LogP contribution is -2.25. The van der Waals surface area contributed by atoms with E-state index in [2.05, 4.69) is 20.5 Å². The Morgan fingerprint density at radius 1 is 1.23 bits per heavy atom. The molecule has 11 heteroatoms. The summed E-state index contributed by atoms with van der Waals surface area (Å²) in [6.45, 7) is 0.601. The highest BCUT2D eigenvalue weighted by Gasteiger charge is 2.26. The van der Waals surface area contributed by atoms with Gasteiger partial charge in [-0.2, -0.15) is 5.10 Å². The van der Waals surface area contributed by atoms with E-state index in [1.54, 1.807) is 19.2 Å². The molecule has 2 N–H and O–H groups in total. The number of carbonyl (C=O) groups excluding carboxylic acids is 1. The third-order valence-electron chi connectivity index (χ3n) is 4.40. The largest absolute Gasteiger partial charge is 0.497 e. The van der Waals surface area contributed by atoms with Gasteiger partial charge < -0.3 is 19.5 Å². The molecule has 0 spiro atoms. The van der Waals surface area contributed by atoms with E-state index in [-0.39, 0.29) is 30.2 Å². The van der Waals surface area contributed by atoms with Gasteiger partial charge in [-0.05, 0) is 24.3 Å². The van der Waals surface area contributed by atoms with E-state index in [0.29, 0.717) is 29.8 Å². The molecule has 0 unspecified atom stereocenters. The SMILES string of the molecule is COc1ccc(-c2n[nH]c(CNC(=O)c3cc4c(cc3[N+](=O)[O-])OCCO4)n2)cc1. The summed E-state index contributed by atoms with van der Waals surface area (Å²) in [5.41, 5.74) is 0.277. The van der Waals surface area contributed by atoms with E-state index >= 15 is 0 Å². The minimum atomic E-state index is -0.638. The lowest BCUT2D eigenvalue weighted by Gasteiger charge is -2.18. The number of aromatic nitrogens is 3. The number of hydrogen-bond acceptors (Lipinski definition) is 8. The molecular weight excluding hydrogens is 394 g/mol. The molecule has 4 rings (SSSR count). The molecule has 0 saturated heterocycles. The van der Waals surface area contributed by atoms with E-state index in [1.807, 2.05) is 12.1 Å². The first-order valence-corrected chi connectivity index (χ1v) is 8.97. The molecule has 0 saturated carbocycles. The number of rotatable bonds is 6. The third-order valence-corrected chi connectivity index (χ3v) is 4.40. The summed E-state index contributed by atoms with van der Waals surface area (Å²) in [4.78, 5) is 27.7. The second kappa shape index (κ2) is 8.07. The number of amides is 1. The van der Waals surface area contributed by atoms with Crippen molar-refractivity contribution >= 4 is 11.6 Å². The molecule has 0 fully saturated rings. The maximum absolute atomic E-state index is 12.6. The average Bonchev–Trinajstić information content (AvgIpc) is 3.25. The molecule has 1 aromatic heterocycles. The highest BCUT2D eigenvalue weighted by atomic mass is 16.6. The Bertz CT molecular complexity index is 1100. The Morgan fingerprint density at radius 2 is 1.93 bits per heavy atom. The number of nitrogens with one attached hydrogen (secondary N) is 2. The average molecular weight is 411 g/mol. The van der Waals surface area contributed by atoms with Crippen LogP contribution in [0.3, 0.4) is 0 Å². The zero-order valence-electron chi connectivity index (χ0n) is 15.9. The van der Waals surface area contributed by atoms with Crippen LogP contribution in [0.4, 0.5) is 5.69 Å². The Morgan fingerprint density at radius 3 is 2.60 bits per heavy atom. The number of ether oxygens (including phenoxy) is 3. The highest BCUT2D eigenvalue weighted by molar-refractivity contribution is 5.99. The van der Waals surface area contributed by atoms with Gasteiger partial charge in [0.15, 0.2) is 17.3 Å². The number of fused-ring (bicyclic) bond motifs is 1. The molecule has 1 aliphatic heterocycles. The van der Waals surface area contributed by atoms with Crippen LogP contribution in [0.2, 0.25) is 0 Å². The van der Waals surface area contributed by atoms with Gasteiger partial charge in [0.1, 0.15) is 30.4 Å². The van der Waals surface area contributed by atoms with Crippen LogP contribution in [0.15, 0.2) is 36.4 Å². The van der Waals surface area contributed by atoms with Crippen molar-refractivity contribution in [1.82, 2.24) is 20.5 Å². The number of benzene rings is 2. The zero-order valence-corrected chi connectivity index (χ0v) is 15.9. The van der Waals surface area contributed by atoms with Gasteiger partial charge in [0, 0.05) is 11.6 Å². The van der Waals surface area contributed by atoms with Crippen LogP contribution in [-0.2, 0) is 6.54 Å². The number of nitro benzene ring substituents is 1. The molecule has 11 nitrogen and oxygen atoms in total. The van der Waals surface area contributed by atoms with E-state index in [4.69, 9.17) is 14.2 Å².